The maximum atomic E-state index is 6.68. The van der Waals surface area contributed by atoms with Crippen molar-refractivity contribution in [3.63, 3.8) is 0 Å². The monoisotopic (exact) mass is 298 g/mol. The molecular weight excluding hydrogens is 256 g/mol. The van der Waals surface area contributed by atoms with Gasteiger partial charge in [-0.25, -0.2) is 0 Å². The van der Waals surface area contributed by atoms with E-state index in [0.717, 1.165) is 0 Å². The average Bonchev–Trinajstić information content (AvgIpc) is 2.47. The molecule has 21 heavy (non-hydrogen) atoms. The van der Waals surface area contributed by atoms with Crippen molar-refractivity contribution >= 4 is 0 Å². The topological polar surface area (TPSA) is 9.23 Å². The van der Waals surface area contributed by atoms with E-state index in [0.29, 0.717) is 24.0 Å². The van der Waals surface area contributed by atoms with Crippen molar-refractivity contribution < 1.29 is 4.74 Å². The van der Waals surface area contributed by atoms with Crippen LogP contribution in [0.1, 0.15) is 106 Å². The van der Waals surface area contributed by atoms with Gasteiger partial charge in [-0.15, -0.1) is 0 Å². The molecule has 4 unspecified atom stereocenters. The summed E-state index contributed by atoms with van der Waals surface area (Å²) in [6, 6.07) is 0. The molecule has 0 heterocycles. The fraction of sp³-hybridized carbons (Fsp3) is 1.00. The molecular formula is C20H42O. The molecule has 0 rings (SSSR count). The molecule has 128 valence electrons. The second-order valence-corrected chi connectivity index (χ2v) is 7.03. The van der Waals surface area contributed by atoms with Gasteiger partial charge in [-0.2, -0.15) is 0 Å². The van der Waals surface area contributed by atoms with Gasteiger partial charge in [0.1, 0.15) is 0 Å². The van der Waals surface area contributed by atoms with Gasteiger partial charge < -0.3 is 4.74 Å². The zero-order valence-corrected chi connectivity index (χ0v) is 15.8. The average molecular weight is 299 g/mol. The van der Waals surface area contributed by atoms with E-state index in [4.69, 9.17) is 4.74 Å². The first-order valence-corrected chi connectivity index (χ1v) is 9.75. The normalized spacial score (nSPS) is 17.4. The number of ether oxygens (including phenoxy) is 1. The maximum absolute atomic E-state index is 6.68. The van der Waals surface area contributed by atoms with Gasteiger partial charge in [0, 0.05) is 0 Å². The highest BCUT2D eigenvalue weighted by molar-refractivity contribution is 4.73. The molecule has 0 saturated carbocycles. The van der Waals surface area contributed by atoms with Crippen LogP contribution < -0.4 is 0 Å². The third-order valence-corrected chi connectivity index (χ3v) is 4.79. The van der Waals surface area contributed by atoms with Gasteiger partial charge in [0.25, 0.3) is 0 Å². The number of hydrogen-bond donors (Lipinski definition) is 0. The molecule has 0 aromatic carbocycles. The third-order valence-electron chi connectivity index (χ3n) is 4.79. The lowest BCUT2D eigenvalue weighted by molar-refractivity contribution is -0.0737. The summed E-state index contributed by atoms with van der Waals surface area (Å²) in [7, 11) is 0. The molecule has 0 aliphatic carbocycles. The summed E-state index contributed by atoms with van der Waals surface area (Å²) < 4.78 is 6.68. The fourth-order valence-corrected chi connectivity index (χ4v) is 3.29. The second kappa shape index (κ2) is 13.6. The van der Waals surface area contributed by atoms with E-state index >= 15 is 0 Å². The fourth-order valence-electron chi connectivity index (χ4n) is 3.29. The maximum Gasteiger partial charge on any atom is 0.0604 e. The smallest absolute Gasteiger partial charge is 0.0604 e. The summed E-state index contributed by atoms with van der Waals surface area (Å²) in [5, 5.41) is 0. The number of rotatable bonds is 14. The molecule has 0 saturated heterocycles. The largest absolute Gasteiger partial charge is 0.374 e. The van der Waals surface area contributed by atoms with Crippen molar-refractivity contribution in [2.45, 2.75) is 118 Å². The van der Waals surface area contributed by atoms with E-state index in [1.54, 1.807) is 0 Å². The predicted octanol–water partition coefficient (Wildman–Crippen LogP) is 6.99. The summed E-state index contributed by atoms with van der Waals surface area (Å²) >= 11 is 0. The van der Waals surface area contributed by atoms with Gasteiger partial charge in [0.15, 0.2) is 0 Å². The Morgan fingerprint density at radius 1 is 0.571 bits per heavy atom. The number of hydrogen-bond acceptors (Lipinski definition) is 1. The van der Waals surface area contributed by atoms with Crippen molar-refractivity contribution in [1.29, 1.82) is 0 Å². The van der Waals surface area contributed by atoms with E-state index < -0.39 is 0 Å². The van der Waals surface area contributed by atoms with Crippen molar-refractivity contribution in [3.8, 4) is 0 Å². The van der Waals surface area contributed by atoms with Crippen LogP contribution in [0.2, 0.25) is 0 Å². The molecule has 0 aliphatic rings. The van der Waals surface area contributed by atoms with Gasteiger partial charge in [-0.05, 0) is 37.5 Å². The summed E-state index contributed by atoms with van der Waals surface area (Å²) in [6.07, 6.45) is 13.8. The Kier molecular flexibility index (Phi) is 13.6. The Bertz CT molecular complexity index is 192. The molecule has 0 N–H and O–H groups in total. The zero-order valence-electron chi connectivity index (χ0n) is 15.8. The van der Waals surface area contributed by atoms with Crippen molar-refractivity contribution in [1.82, 2.24) is 0 Å². The Hall–Kier alpha value is -0.0400. The Balaban J connectivity index is 4.65. The van der Waals surface area contributed by atoms with Crippen LogP contribution in [0.3, 0.4) is 0 Å². The quantitative estimate of drug-likeness (QED) is 0.335. The highest BCUT2D eigenvalue weighted by Crippen LogP contribution is 2.27. The summed E-state index contributed by atoms with van der Waals surface area (Å²) in [5.74, 6) is 1.42. The van der Waals surface area contributed by atoms with Crippen LogP contribution >= 0.6 is 0 Å². The summed E-state index contributed by atoms with van der Waals surface area (Å²) in [5.41, 5.74) is 0. The molecule has 0 aromatic rings. The van der Waals surface area contributed by atoms with E-state index in [9.17, 15) is 0 Å². The van der Waals surface area contributed by atoms with E-state index in [1.807, 2.05) is 0 Å². The summed E-state index contributed by atoms with van der Waals surface area (Å²) in [4.78, 5) is 0. The molecule has 1 heteroatoms. The van der Waals surface area contributed by atoms with Crippen LogP contribution in [0.4, 0.5) is 0 Å². The van der Waals surface area contributed by atoms with Crippen molar-refractivity contribution in [3.05, 3.63) is 0 Å². The molecule has 0 bridgehead atoms. The van der Waals surface area contributed by atoms with Crippen LogP contribution in [-0.2, 0) is 4.74 Å². The number of unbranched alkanes of at least 4 members (excludes halogenated alkanes) is 2. The van der Waals surface area contributed by atoms with Crippen molar-refractivity contribution in [2.24, 2.45) is 11.8 Å². The van der Waals surface area contributed by atoms with E-state index in [1.165, 1.54) is 64.2 Å². The molecule has 0 aliphatic heterocycles. The Labute approximate surface area is 135 Å². The Morgan fingerprint density at radius 3 is 1.24 bits per heavy atom. The molecule has 0 aromatic heterocycles. The van der Waals surface area contributed by atoms with E-state index in [-0.39, 0.29) is 0 Å². The summed E-state index contributed by atoms with van der Waals surface area (Å²) in [6.45, 7) is 13.9. The van der Waals surface area contributed by atoms with Gasteiger partial charge in [-0.1, -0.05) is 80.1 Å². The molecule has 1 nitrogen and oxygen atoms in total. The third kappa shape index (κ3) is 9.55. The highest BCUT2D eigenvalue weighted by atomic mass is 16.5. The van der Waals surface area contributed by atoms with Gasteiger partial charge in [-0.3, -0.25) is 0 Å². The first kappa shape index (κ1) is 21.0. The molecule has 4 atom stereocenters. The van der Waals surface area contributed by atoms with Gasteiger partial charge in [0.05, 0.1) is 12.2 Å². The van der Waals surface area contributed by atoms with Crippen LogP contribution in [0, 0.1) is 11.8 Å². The van der Waals surface area contributed by atoms with Crippen molar-refractivity contribution in [2.75, 3.05) is 0 Å². The van der Waals surface area contributed by atoms with E-state index in [2.05, 4.69) is 41.5 Å². The molecule has 0 amide bonds. The van der Waals surface area contributed by atoms with Crippen LogP contribution in [0.5, 0.6) is 0 Å². The second-order valence-electron chi connectivity index (χ2n) is 7.03. The van der Waals surface area contributed by atoms with Gasteiger partial charge >= 0.3 is 0 Å². The minimum absolute atomic E-state index is 0.478. The zero-order chi connectivity index (χ0) is 16.1. The molecule has 0 spiro atoms. The standard InChI is InChI=1S/C20H42O/c1-7-11-15-19(17(5)13-9-3)21-20(16-12-8-2)18(6)14-10-4/h17-20H,7-16H2,1-6H3. The van der Waals surface area contributed by atoms with Crippen LogP contribution in [0.15, 0.2) is 0 Å². The SMILES string of the molecule is CCCCC(OC(CCCC)C(C)CCC)C(C)CCC. The lowest BCUT2D eigenvalue weighted by Crippen LogP contribution is -2.32. The lowest BCUT2D eigenvalue weighted by atomic mass is 9.92. The minimum Gasteiger partial charge on any atom is -0.374 e. The lowest BCUT2D eigenvalue weighted by Gasteiger charge is -2.32. The van der Waals surface area contributed by atoms with Crippen LogP contribution in [-0.4, -0.2) is 12.2 Å². The first-order valence-electron chi connectivity index (χ1n) is 9.75. The van der Waals surface area contributed by atoms with Gasteiger partial charge in [0.2, 0.25) is 0 Å². The Morgan fingerprint density at radius 2 is 0.952 bits per heavy atom. The minimum atomic E-state index is 0.478. The highest BCUT2D eigenvalue weighted by Gasteiger charge is 2.24. The predicted molar refractivity (Wildman–Crippen MR) is 95.9 cm³/mol. The molecule has 0 fully saturated rings. The molecule has 0 radical (unpaired) electrons. The first-order chi connectivity index (χ1) is 10.1. The van der Waals surface area contributed by atoms with Crippen LogP contribution in [0.25, 0.3) is 0 Å².